The smallest absolute Gasteiger partial charge is 0.244 e. The number of hydrogen-bond acceptors (Lipinski definition) is 6. The predicted molar refractivity (Wildman–Crippen MR) is 100 cm³/mol. The second-order valence-electron chi connectivity index (χ2n) is 7.23. The van der Waals surface area contributed by atoms with Crippen LogP contribution in [0, 0.1) is 6.92 Å². The third kappa shape index (κ3) is 3.27. The molecular weight excluding hydrogens is 366 g/mol. The Morgan fingerprint density at radius 3 is 2.93 bits per heavy atom. The fourth-order valence-corrected chi connectivity index (χ4v) is 4.60. The van der Waals surface area contributed by atoms with E-state index in [0.717, 1.165) is 11.3 Å². The zero-order valence-electron chi connectivity index (χ0n) is 15.7. The molecule has 0 saturated carbocycles. The van der Waals surface area contributed by atoms with E-state index in [4.69, 9.17) is 9.15 Å². The van der Waals surface area contributed by atoms with E-state index in [2.05, 4.69) is 4.98 Å². The molecule has 3 atom stereocenters. The van der Waals surface area contributed by atoms with Crippen LogP contribution in [0.2, 0.25) is 0 Å². The van der Waals surface area contributed by atoms with Gasteiger partial charge in [-0.1, -0.05) is 6.07 Å². The van der Waals surface area contributed by atoms with Gasteiger partial charge >= 0.3 is 0 Å². The van der Waals surface area contributed by atoms with Crippen LogP contribution in [0.25, 0.3) is 10.8 Å². The van der Waals surface area contributed by atoms with Crippen molar-refractivity contribution in [2.75, 3.05) is 20.7 Å². The molecule has 4 rings (SSSR count). The van der Waals surface area contributed by atoms with Crippen molar-refractivity contribution in [1.82, 2.24) is 14.8 Å². The molecule has 1 unspecified atom stereocenters. The van der Waals surface area contributed by atoms with Gasteiger partial charge in [-0.3, -0.25) is 9.59 Å². The van der Waals surface area contributed by atoms with Crippen molar-refractivity contribution >= 4 is 23.2 Å². The monoisotopic (exact) mass is 389 g/mol. The molecule has 144 valence electrons. The zero-order chi connectivity index (χ0) is 19.1. The highest BCUT2D eigenvalue weighted by Crippen LogP contribution is 2.35. The number of likely N-dealkylation sites (N-methyl/N-ethyl adjacent to an activating group) is 1. The van der Waals surface area contributed by atoms with Gasteiger partial charge < -0.3 is 19.0 Å². The van der Waals surface area contributed by atoms with Crippen molar-refractivity contribution in [3.8, 4) is 10.8 Å². The molecule has 0 radical (unpaired) electrons. The maximum absolute atomic E-state index is 13.2. The van der Waals surface area contributed by atoms with E-state index >= 15 is 0 Å². The van der Waals surface area contributed by atoms with Crippen LogP contribution in [0.3, 0.4) is 0 Å². The summed E-state index contributed by atoms with van der Waals surface area (Å²) in [4.78, 5) is 34.5. The Labute approximate surface area is 161 Å². The average Bonchev–Trinajstić information content (AvgIpc) is 3.38. The van der Waals surface area contributed by atoms with Crippen molar-refractivity contribution in [1.29, 1.82) is 0 Å². The standard InChI is InChI=1S/C19H23N3O4S/c1-11-12(20-18(26-11)16-5-4-8-27-16)9-17(23)22-13-6-7-25-15(13)10-14(22)19(24)21(2)3/h4-5,8,13-15H,6-7,9-10H2,1-3H3/t13-,14?,15-/m0/s1. The van der Waals surface area contributed by atoms with Crippen molar-refractivity contribution in [3.63, 3.8) is 0 Å². The summed E-state index contributed by atoms with van der Waals surface area (Å²) >= 11 is 1.54. The number of thiophene rings is 1. The molecule has 8 heteroatoms. The van der Waals surface area contributed by atoms with Crippen molar-refractivity contribution in [3.05, 3.63) is 29.0 Å². The number of oxazole rings is 1. The summed E-state index contributed by atoms with van der Waals surface area (Å²) < 4.78 is 11.5. The van der Waals surface area contributed by atoms with E-state index in [1.807, 2.05) is 24.4 Å². The fourth-order valence-electron chi connectivity index (χ4n) is 3.95. The quantitative estimate of drug-likeness (QED) is 0.800. The van der Waals surface area contributed by atoms with Crippen LogP contribution in [-0.4, -0.2) is 65.5 Å². The van der Waals surface area contributed by atoms with Crippen LogP contribution in [0.15, 0.2) is 21.9 Å². The van der Waals surface area contributed by atoms with Gasteiger partial charge in [-0.25, -0.2) is 4.98 Å². The molecule has 0 N–H and O–H groups in total. The lowest BCUT2D eigenvalue weighted by Crippen LogP contribution is -2.49. The van der Waals surface area contributed by atoms with E-state index in [1.165, 1.54) is 0 Å². The van der Waals surface area contributed by atoms with Gasteiger partial charge in [0.1, 0.15) is 11.8 Å². The van der Waals surface area contributed by atoms with E-state index in [1.54, 1.807) is 35.2 Å². The lowest BCUT2D eigenvalue weighted by atomic mass is 10.1. The normalized spacial score (nSPS) is 24.3. The third-order valence-corrected chi connectivity index (χ3v) is 6.14. The Bertz CT molecular complexity index is 845. The van der Waals surface area contributed by atoms with Crippen molar-refractivity contribution in [2.45, 2.75) is 44.4 Å². The summed E-state index contributed by atoms with van der Waals surface area (Å²) in [7, 11) is 3.43. The lowest BCUT2D eigenvalue weighted by Gasteiger charge is -2.29. The average molecular weight is 389 g/mol. The first kappa shape index (κ1) is 18.2. The first-order valence-electron chi connectivity index (χ1n) is 9.10. The zero-order valence-corrected chi connectivity index (χ0v) is 16.5. The van der Waals surface area contributed by atoms with Gasteiger partial charge in [0.05, 0.1) is 29.1 Å². The van der Waals surface area contributed by atoms with Gasteiger partial charge in [0.15, 0.2) is 0 Å². The predicted octanol–water partition coefficient (Wildman–Crippen LogP) is 2.10. The summed E-state index contributed by atoms with van der Waals surface area (Å²) in [5.41, 5.74) is 0.627. The Hall–Kier alpha value is -2.19. The molecule has 2 aliphatic heterocycles. The van der Waals surface area contributed by atoms with Gasteiger partial charge in [0, 0.05) is 27.1 Å². The molecule has 2 aliphatic rings. The second kappa shape index (κ2) is 7.09. The maximum Gasteiger partial charge on any atom is 0.244 e. The third-order valence-electron chi connectivity index (χ3n) is 5.28. The molecule has 0 spiro atoms. The van der Waals surface area contributed by atoms with Crippen LogP contribution in [-0.2, 0) is 20.7 Å². The molecule has 2 saturated heterocycles. The Morgan fingerprint density at radius 2 is 2.22 bits per heavy atom. The van der Waals surface area contributed by atoms with Crippen molar-refractivity contribution < 1.29 is 18.7 Å². The lowest BCUT2D eigenvalue weighted by molar-refractivity contribution is -0.143. The number of amides is 2. The molecule has 0 aromatic carbocycles. The summed E-state index contributed by atoms with van der Waals surface area (Å²) in [6.07, 6.45) is 1.40. The van der Waals surface area contributed by atoms with E-state index in [-0.39, 0.29) is 30.4 Å². The maximum atomic E-state index is 13.2. The molecule has 7 nitrogen and oxygen atoms in total. The fraction of sp³-hybridized carbons (Fsp3) is 0.526. The molecule has 4 heterocycles. The highest BCUT2D eigenvalue weighted by atomic mass is 32.1. The summed E-state index contributed by atoms with van der Waals surface area (Å²) in [6, 6.07) is 3.38. The molecule has 2 aromatic heterocycles. The largest absolute Gasteiger partial charge is 0.440 e. The first-order valence-corrected chi connectivity index (χ1v) is 9.97. The molecule has 0 aliphatic carbocycles. The number of hydrogen-bond donors (Lipinski definition) is 0. The topological polar surface area (TPSA) is 75.9 Å². The van der Waals surface area contributed by atoms with Gasteiger partial charge in [0.25, 0.3) is 0 Å². The molecule has 2 fully saturated rings. The van der Waals surface area contributed by atoms with Crippen molar-refractivity contribution in [2.24, 2.45) is 0 Å². The first-order chi connectivity index (χ1) is 13.0. The Kier molecular flexibility index (Phi) is 4.77. The minimum atomic E-state index is -0.466. The van der Waals surface area contributed by atoms with Crippen LogP contribution < -0.4 is 0 Å². The molecule has 0 bridgehead atoms. The summed E-state index contributed by atoms with van der Waals surface area (Å²) in [5.74, 6) is 1.02. The van der Waals surface area contributed by atoms with Gasteiger partial charge in [-0.05, 0) is 24.8 Å². The number of rotatable bonds is 4. The number of carbonyl (C=O) groups excluding carboxylic acids is 2. The van der Waals surface area contributed by atoms with Crippen LogP contribution in [0.4, 0.5) is 0 Å². The molecular formula is C19H23N3O4S. The number of aromatic nitrogens is 1. The second-order valence-corrected chi connectivity index (χ2v) is 8.17. The summed E-state index contributed by atoms with van der Waals surface area (Å²) in [5, 5.41) is 1.96. The number of fused-ring (bicyclic) bond motifs is 1. The Balaban J connectivity index is 1.56. The summed E-state index contributed by atoms with van der Waals surface area (Å²) in [6.45, 7) is 2.45. The van der Waals surface area contributed by atoms with Crippen LogP contribution >= 0.6 is 11.3 Å². The minimum absolute atomic E-state index is 0.0321. The van der Waals surface area contributed by atoms with Gasteiger partial charge in [0.2, 0.25) is 17.7 Å². The van der Waals surface area contributed by atoms with E-state index in [9.17, 15) is 9.59 Å². The van der Waals surface area contributed by atoms with Gasteiger partial charge in [-0.15, -0.1) is 11.3 Å². The molecule has 27 heavy (non-hydrogen) atoms. The molecule has 2 amide bonds. The number of likely N-dealkylation sites (tertiary alicyclic amines) is 1. The van der Waals surface area contributed by atoms with Gasteiger partial charge in [-0.2, -0.15) is 0 Å². The highest BCUT2D eigenvalue weighted by molar-refractivity contribution is 7.13. The minimum Gasteiger partial charge on any atom is -0.440 e. The van der Waals surface area contributed by atoms with E-state index in [0.29, 0.717) is 30.4 Å². The Morgan fingerprint density at radius 1 is 1.41 bits per heavy atom. The van der Waals surface area contributed by atoms with Crippen LogP contribution in [0.1, 0.15) is 24.3 Å². The van der Waals surface area contributed by atoms with Crippen LogP contribution in [0.5, 0.6) is 0 Å². The number of carbonyl (C=O) groups is 2. The number of ether oxygens (including phenoxy) is 1. The highest BCUT2D eigenvalue weighted by Gasteiger charge is 2.50. The molecule has 2 aromatic rings. The number of aryl methyl sites for hydroxylation is 1. The van der Waals surface area contributed by atoms with E-state index < -0.39 is 6.04 Å². The SMILES string of the molecule is Cc1oc(-c2cccs2)nc1CC(=O)N1C(C(=O)N(C)C)C[C@@H]2OCC[C@@H]21. The number of nitrogens with zero attached hydrogens (tertiary/aromatic N) is 3.